The Hall–Kier alpha value is -3.18. The maximum absolute atomic E-state index is 6.31. The molecule has 5 nitrogen and oxygen atoms in total. The maximum atomic E-state index is 6.31. The lowest BCUT2D eigenvalue weighted by Crippen LogP contribution is -2.21. The number of hydrogen-bond acceptors (Lipinski definition) is 5. The topological polar surface area (TPSA) is 60.2 Å². The van der Waals surface area contributed by atoms with E-state index in [0.717, 1.165) is 58.7 Å². The number of hydrogen-bond donors (Lipinski definition) is 1. The molecular weight excluding hydrogens is 374 g/mol. The molecule has 3 heterocycles. The molecule has 2 aromatic heterocycles. The zero-order valence-corrected chi connectivity index (χ0v) is 17.1. The van der Waals surface area contributed by atoms with Crippen molar-refractivity contribution < 1.29 is 9.15 Å². The van der Waals surface area contributed by atoms with Gasteiger partial charge in [0.2, 0.25) is 5.71 Å². The molecule has 0 aliphatic carbocycles. The number of methoxy groups -OCH3 is 1. The second-order valence-corrected chi connectivity index (χ2v) is 7.73. The number of nitrogens with one attached hydrogen (secondary N) is 1. The fourth-order valence-corrected chi connectivity index (χ4v) is 4.32. The molecule has 1 N–H and O–H groups in total. The van der Waals surface area contributed by atoms with E-state index >= 15 is 0 Å². The molecule has 1 atom stereocenters. The molecule has 1 saturated heterocycles. The van der Waals surface area contributed by atoms with Crippen LogP contribution in [0.4, 0.5) is 0 Å². The van der Waals surface area contributed by atoms with Crippen molar-refractivity contribution in [2.45, 2.75) is 31.7 Å². The molecule has 0 bridgehead atoms. The van der Waals surface area contributed by atoms with Gasteiger partial charge in [0.25, 0.3) is 0 Å². The van der Waals surface area contributed by atoms with Crippen molar-refractivity contribution >= 4 is 11.1 Å². The third-order valence-corrected chi connectivity index (χ3v) is 5.87. The van der Waals surface area contributed by atoms with Crippen molar-refractivity contribution in [1.29, 1.82) is 0 Å². The molecule has 4 aromatic rings. The van der Waals surface area contributed by atoms with E-state index in [-0.39, 0.29) is 0 Å². The largest absolute Gasteiger partial charge is 0.497 e. The van der Waals surface area contributed by atoms with Gasteiger partial charge in [-0.3, -0.25) is 0 Å². The van der Waals surface area contributed by atoms with Gasteiger partial charge in [0.05, 0.1) is 18.2 Å². The molecule has 1 aliphatic rings. The molecule has 1 fully saturated rings. The van der Waals surface area contributed by atoms with Gasteiger partial charge in [0.1, 0.15) is 17.8 Å². The maximum Gasteiger partial charge on any atom is 0.230 e. The van der Waals surface area contributed by atoms with Crippen molar-refractivity contribution in [1.82, 2.24) is 15.3 Å². The van der Waals surface area contributed by atoms with Gasteiger partial charge in [-0.2, -0.15) is 0 Å². The van der Waals surface area contributed by atoms with Gasteiger partial charge in [0, 0.05) is 17.2 Å². The second-order valence-electron chi connectivity index (χ2n) is 7.73. The van der Waals surface area contributed by atoms with E-state index in [2.05, 4.69) is 39.6 Å². The molecule has 0 saturated carbocycles. The first-order valence-corrected chi connectivity index (χ1v) is 10.5. The molecule has 30 heavy (non-hydrogen) atoms. The van der Waals surface area contributed by atoms with Crippen molar-refractivity contribution in [2.24, 2.45) is 0 Å². The Bertz CT molecular complexity index is 1130. The summed E-state index contributed by atoms with van der Waals surface area (Å²) in [7, 11) is 1.68. The first kappa shape index (κ1) is 18.8. The van der Waals surface area contributed by atoms with Crippen LogP contribution in [0.1, 0.15) is 25.0 Å². The zero-order valence-electron chi connectivity index (χ0n) is 17.1. The predicted octanol–water partition coefficient (Wildman–Crippen LogP) is 5.25. The van der Waals surface area contributed by atoms with E-state index in [0.29, 0.717) is 11.8 Å². The van der Waals surface area contributed by atoms with Crippen LogP contribution in [0, 0.1) is 0 Å². The van der Waals surface area contributed by atoms with E-state index in [1.54, 1.807) is 13.4 Å². The number of aromatic nitrogens is 2. The highest BCUT2D eigenvalue weighted by Crippen LogP contribution is 2.41. The monoisotopic (exact) mass is 399 g/mol. The molecule has 0 unspecified atom stereocenters. The highest BCUT2D eigenvalue weighted by molar-refractivity contribution is 6.01. The van der Waals surface area contributed by atoms with Crippen LogP contribution in [0.15, 0.2) is 65.3 Å². The van der Waals surface area contributed by atoms with Crippen LogP contribution in [0.3, 0.4) is 0 Å². The SMILES string of the molecule is COc1ccc(-c2c(-c3ccccc3)oc3ncnc(CC[C@@H]4CCCN4)c23)cc1. The second kappa shape index (κ2) is 8.28. The van der Waals surface area contributed by atoms with Crippen molar-refractivity contribution in [2.75, 3.05) is 13.7 Å². The molecule has 5 rings (SSSR count). The minimum absolute atomic E-state index is 0.569. The van der Waals surface area contributed by atoms with Gasteiger partial charge in [0.15, 0.2) is 0 Å². The van der Waals surface area contributed by atoms with E-state index in [9.17, 15) is 0 Å². The molecule has 0 radical (unpaired) electrons. The molecule has 1 aliphatic heterocycles. The lowest BCUT2D eigenvalue weighted by molar-refractivity contribution is 0.415. The average molecular weight is 399 g/mol. The summed E-state index contributed by atoms with van der Waals surface area (Å²) in [6.45, 7) is 1.12. The third-order valence-electron chi connectivity index (χ3n) is 5.87. The Morgan fingerprint density at radius 1 is 1.03 bits per heavy atom. The fraction of sp³-hybridized carbons (Fsp3) is 0.280. The number of fused-ring (bicyclic) bond motifs is 1. The fourth-order valence-electron chi connectivity index (χ4n) is 4.32. The van der Waals surface area contributed by atoms with E-state index in [4.69, 9.17) is 9.15 Å². The smallest absolute Gasteiger partial charge is 0.230 e. The number of rotatable bonds is 6. The normalized spacial score (nSPS) is 16.2. The summed E-state index contributed by atoms with van der Waals surface area (Å²) in [6.07, 6.45) is 6.08. The molecule has 0 spiro atoms. The number of nitrogens with zero attached hydrogens (tertiary/aromatic N) is 2. The summed E-state index contributed by atoms with van der Waals surface area (Å²) in [5.74, 6) is 1.66. The Morgan fingerprint density at radius 2 is 1.87 bits per heavy atom. The average Bonchev–Trinajstić information content (AvgIpc) is 3.46. The van der Waals surface area contributed by atoms with Crippen LogP contribution in [0.5, 0.6) is 5.75 Å². The van der Waals surface area contributed by atoms with E-state index < -0.39 is 0 Å². The Morgan fingerprint density at radius 3 is 2.60 bits per heavy atom. The highest BCUT2D eigenvalue weighted by Gasteiger charge is 2.23. The predicted molar refractivity (Wildman–Crippen MR) is 119 cm³/mol. The van der Waals surface area contributed by atoms with Gasteiger partial charge in [-0.1, -0.05) is 42.5 Å². The summed E-state index contributed by atoms with van der Waals surface area (Å²) < 4.78 is 11.7. The molecule has 5 heteroatoms. The van der Waals surface area contributed by atoms with Gasteiger partial charge in [-0.15, -0.1) is 0 Å². The van der Waals surface area contributed by atoms with E-state index in [1.165, 1.54) is 12.8 Å². The van der Waals surface area contributed by atoms with Crippen LogP contribution in [-0.4, -0.2) is 29.7 Å². The molecule has 2 aromatic carbocycles. The summed E-state index contributed by atoms with van der Waals surface area (Å²) in [5.41, 5.74) is 4.84. The lowest BCUT2D eigenvalue weighted by atomic mass is 9.96. The van der Waals surface area contributed by atoms with E-state index in [1.807, 2.05) is 30.3 Å². The lowest BCUT2D eigenvalue weighted by Gasteiger charge is -2.10. The van der Waals surface area contributed by atoms with Gasteiger partial charge in [-0.25, -0.2) is 9.97 Å². The van der Waals surface area contributed by atoms with Crippen molar-refractivity contribution in [3.05, 3.63) is 66.6 Å². The van der Waals surface area contributed by atoms with Crippen LogP contribution >= 0.6 is 0 Å². The summed E-state index contributed by atoms with van der Waals surface area (Å²) in [4.78, 5) is 9.14. The summed E-state index contributed by atoms with van der Waals surface area (Å²) in [6, 6.07) is 18.9. The van der Waals surface area contributed by atoms with Gasteiger partial charge in [-0.05, 0) is 49.9 Å². The number of furan rings is 1. The molecular formula is C25H25N3O2. The summed E-state index contributed by atoms with van der Waals surface area (Å²) >= 11 is 0. The standard InChI is InChI=1S/C25H25N3O2/c1-29-20-12-9-17(10-13-20)22-23-21(14-11-19-8-5-15-26-19)27-16-28-25(23)30-24(22)18-6-3-2-4-7-18/h2-4,6-7,9-10,12-13,16,19,26H,5,8,11,14-15H2,1H3/t19-/m0/s1. The minimum atomic E-state index is 0.569. The van der Waals surface area contributed by atoms with Crippen LogP contribution in [-0.2, 0) is 6.42 Å². The minimum Gasteiger partial charge on any atom is -0.497 e. The van der Waals surface area contributed by atoms with Gasteiger partial charge >= 0.3 is 0 Å². The molecule has 152 valence electrons. The number of ether oxygens (including phenoxy) is 1. The molecule has 0 amide bonds. The first-order valence-electron chi connectivity index (χ1n) is 10.5. The van der Waals surface area contributed by atoms with Crippen molar-refractivity contribution in [3.63, 3.8) is 0 Å². The third kappa shape index (κ3) is 3.57. The Labute approximate surface area is 176 Å². The summed E-state index contributed by atoms with van der Waals surface area (Å²) in [5, 5.41) is 4.60. The quantitative estimate of drug-likeness (QED) is 0.480. The zero-order chi connectivity index (χ0) is 20.3. The Balaban J connectivity index is 1.66. The number of benzene rings is 2. The van der Waals surface area contributed by atoms with Crippen LogP contribution < -0.4 is 10.1 Å². The number of aryl methyl sites for hydroxylation is 1. The first-order chi connectivity index (χ1) is 14.8. The van der Waals surface area contributed by atoms with Crippen LogP contribution in [0.2, 0.25) is 0 Å². The highest BCUT2D eigenvalue weighted by atomic mass is 16.5. The Kier molecular flexibility index (Phi) is 5.20. The van der Waals surface area contributed by atoms with Gasteiger partial charge < -0.3 is 14.5 Å². The van der Waals surface area contributed by atoms with Crippen molar-refractivity contribution in [3.8, 4) is 28.2 Å². The van der Waals surface area contributed by atoms with Crippen LogP contribution in [0.25, 0.3) is 33.6 Å².